The van der Waals surface area contributed by atoms with Crippen molar-refractivity contribution in [2.45, 2.75) is 26.1 Å². The van der Waals surface area contributed by atoms with Gasteiger partial charge in [-0.25, -0.2) is 14.2 Å². The van der Waals surface area contributed by atoms with Crippen molar-refractivity contribution in [3.8, 4) is 16.9 Å². The van der Waals surface area contributed by atoms with Gasteiger partial charge in [-0.15, -0.1) is 6.58 Å². The van der Waals surface area contributed by atoms with Crippen LogP contribution in [0.15, 0.2) is 37.1 Å². The fraction of sp³-hybridized carbons (Fsp3) is 0.300. The summed E-state index contributed by atoms with van der Waals surface area (Å²) in [4.78, 5) is 16.1. The number of halogens is 3. The number of carbonyl (C=O) groups excluding carboxylic acids is 1. The Labute approximate surface area is 178 Å². The van der Waals surface area contributed by atoms with Gasteiger partial charge in [0.2, 0.25) is 0 Å². The van der Waals surface area contributed by atoms with E-state index >= 15 is 0 Å². The molecule has 1 heterocycles. The third-order valence-electron chi connectivity index (χ3n) is 4.12. The van der Waals surface area contributed by atoms with Crippen molar-refractivity contribution in [3.63, 3.8) is 0 Å². The predicted molar refractivity (Wildman–Crippen MR) is 112 cm³/mol. The van der Waals surface area contributed by atoms with E-state index in [1.165, 1.54) is 13.1 Å². The highest BCUT2D eigenvalue weighted by molar-refractivity contribution is 6.36. The summed E-state index contributed by atoms with van der Waals surface area (Å²) < 4.78 is 19.1. The number of aryl methyl sites for hydroxylation is 1. The van der Waals surface area contributed by atoms with E-state index in [-0.39, 0.29) is 17.4 Å². The molecule has 156 valence electrons. The number of hydrogen-bond acceptors (Lipinski definition) is 4. The second-order valence-electron chi connectivity index (χ2n) is 6.45. The van der Waals surface area contributed by atoms with Crippen molar-refractivity contribution in [1.29, 1.82) is 0 Å². The van der Waals surface area contributed by atoms with E-state index in [2.05, 4.69) is 16.9 Å². The van der Waals surface area contributed by atoms with Gasteiger partial charge in [0.15, 0.2) is 6.17 Å². The number of rotatable bonds is 7. The number of pyridine rings is 1. The molecule has 29 heavy (non-hydrogen) atoms. The minimum Gasteiger partial charge on any atom is -0.488 e. The molecule has 0 aliphatic carbocycles. The Hall–Kier alpha value is -2.35. The lowest BCUT2D eigenvalue weighted by Crippen LogP contribution is -2.37. The molecule has 1 aromatic carbocycles. The first kappa shape index (κ1) is 22.9. The van der Waals surface area contributed by atoms with Gasteiger partial charge in [0.25, 0.3) is 0 Å². The summed E-state index contributed by atoms with van der Waals surface area (Å²) in [5.74, 6) is 0.290. The lowest BCUT2D eigenvalue weighted by Gasteiger charge is -2.19. The summed E-state index contributed by atoms with van der Waals surface area (Å²) in [7, 11) is 1.23. The molecule has 1 aromatic heterocycles. The van der Waals surface area contributed by atoms with Gasteiger partial charge < -0.3 is 10.1 Å². The second kappa shape index (κ2) is 9.91. The Balaban J connectivity index is 2.38. The lowest BCUT2D eigenvalue weighted by atomic mass is 10.0. The molecule has 9 heteroatoms. The Morgan fingerprint density at radius 1 is 1.45 bits per heavy atom. The number of ether oxygens (including phenoxy) is 1. The second-order valence-corrected chi connectivity index (χ2v) is 7.29. The lowest BCUT2D eigenvalue weighted by molar-refractivity contribution is -0.0193. The topological polar surface area (TPSA) is 74.7 Å². The molecule has 0 saturated heterocycles. The quantitative estimate of drug-likeness (QED) is 0.344. The molecular weight excluding hydrogens is 420 g/mol. The van der Waals surface area contributed by atoms with Crippen molar-refractivity contribution in [2.75, 3.05) is 13.7 Å². The predicted octanol–water partition coefficient (Wildman–Crippen LogP) is 5.36. The van der Waals surface area contributed by atoms with Gasteiger partial charge in [-0.3, -0.25) is 10.2 Å². The Kier molecular flexibility index (Phi) is 7.84. The van der Waals surface area contributed by atoms with Crippen LogP contribution >= 0.6 is 23.2 Å². The fourth-order valence-corrected chi connectivity index (χ4v) is 3.23. The summed E-state index contributed by atoms with van der Waals surface area (Å²) in [6, 6.07) is 3.92. The van der Waals surface area contributed by atoms with Crippen molar-refractivity contribution in [2.24, 2.45) is 0 Å². The monoisotopic (exact) mass is 441 g/mol. The molecule has 6 nitrogen and oxygen atoms in total. The number of nitrogens with zero attached hydrogens (tertiary/aromatic N) is 2. The number of carbonyl (C=O) groups is 1. The highest BCUT2D eigenvalue weighted by Gasteiger charge is 2.18. The zero-order valence-electron chi connectivity index (χ0n) is 16.2. The third kappa shape index (κ3) is 5.82. The van der Waals surface area contributed by atoms with Crippen molar-refractivity contribution in [3.05, 3.63) is 58.4 Å². The molecule has 1 unspecified atom stereocenters. The van der Waals surface area contributed by atoms with Crippen LogP contribution in [0.4, 0.5) is 9.18 Å². The molecule has 2 aromatic rings. The fourth-order valence-electron chi connectivity index (χ4n) is 2.69. The third-order valence-corrected chi connectivity index (χ3v) is 4.62. The van der Waals surface area contributed by atoms with Crippen LogP contribution in [0.3, 0.4) is 0 Å². The first-order valence-corrected chi connectivity index (χ1v) is 9.48. The van der Waals surface area contributed by atoms with E-state index in [0.717, 1.165) is 11.6 Å². The molecular formula is C20H22Cl2FN3O3. The van der Waals surface area contributed by atoms with Crippen LogP contribution in [0.2, 0.25) is 10.0 Å². The van der Waals surface area contributed by atoms with Crippen LogP contribution in [-0.4, -0.2) is 41.1 Å². The van der Waals surface area contributed by atoms with Gasteiger partial charge >= 0.3 is 6.03 Å². The number of urea groups is 1. The van der Waals surface area contributed by atoms with Gasteiger partial charge in [0, 0.05) is 29.4 Å². The molecule has 2 atom stereocenters. The first-order valence-electron chi connectivity index (χ1n) is 8.72. The Morgan fingerprint density at radius 3 is 2.72 bits per heavy atom. The summed E-state index contributed by atoms with van der Waals surface area (Å²) in [6.07, 6.45) is 1.39. The number of hydroxylamine groups is 2. The summed E-state index contributed by atoms with van der Waals surface area (Å²) in [5.41, 5.74) is 2.63. The molecule has 0 fully saturated rings. The maximum atomic E-state index is 13.5. The largest absolute Gasteiger partial charge is 0.488 e. The standard InChI is InChI=1S/C20H22Cl2FN3O3/c1-5-15(23)10-29-19-16(7-14(21)8-17(19)22)13-6-11(2)18(24-9-13)12(3)25-20(27)26(4)28/h5-9,12,15,28H,1,10H2,2-4H3,(H,25,27)/t12-,15?/m1/s1. The highest BCUT2D eigenvalue weighted by atomic mass is 35.5. The molecule has 2 amide bonds. The zero-order chi connectivity index (χ0) is 21.7. The number of nitrogens with one attached hydrogen (secondary N) is 1. The summed E-state index contributed by atoms with van der Waals surface area (Å²) in [6.45, 7) is 6.74. The average molecular weight is 442 g/mol. The number of amides is 2. The van der Waals surface area contributed by atoms with Gasteiger partial charge in [-0.2, -0.15) is 0 Å². The summed E-state index contributed by atoms with van der Waals surface area (Å²) in [5, 5.41) is 12.9. The van der Waals surface area contributed by atoms with Crippen LogP contribution in [0.5, 0.6) is 5.75 Å². The van der Waals surface area contributed by atoms with Crippen LogP contribution < -0.4 is 10.1 Å². The smallest absolute Gasteiger partial charge is 0.341 e. The molecule has 0 aliphatic rings. The molecule has 0 spiro atoms. The molecule has 2 N–H and O–H groups in total. The van der Waals surface area contributed by atoms with E-state index in [4.69, 9.17) is 27.9 Å². The highest BCUT2D eigenvalue weighted by Crippen LogP contribution is 2.39. The maximum absolute atomic E-state index is 13.5. The molecule has 0 aliphatic heterocycles. The Bertz CT molecular complexity index is 909. The molecule has 0 bridgehead atoms. The number of benzene rings is 1. The Morgan fingerprint density at radius 2 is 2.14 bits per heavy atom. The van der Waals surface area contributed by atoms with Gasteiger partial charge in [-0.05, 0) is 37.6 Å². The van der Waals surface area contributed by atoms with Crippen molar-refractivity contribution < 1.29 is 19.1 Å². The van der Waals surface area contributed by atoms with Crippen LogP contribution in [-0.2, 0) is 0 Å². The van der Waals surface area contributed by atoms with E-state index in [0.29, 0.717) is 26.9 Å². The van der Waals surface area contributed by atoms with E-state index < -0.39 is 18.2 Å². The van der Waals surface area contributed by atoms with Crippen molar-refractivity contribution >= 4 is 29.2 Å². The first-order chi connectivity index (χ1) is 13.6. The number of aromatic nitrogens is 1. The molecule has 0 saturated carbocycles. The normalized spacial score (nSPS) is 12.8. The zero-order valence-corrected chi connectivity index (χ0v) is 17.8. The van der Waals surface area contributed by atoms with Crippen LogP contribution in [0, 0.1) is 6.92 Å². The van der Waals surface area contributed by atoms with Gasteiger partial charge in [0.1, 0.15) is 12.4 Å². The van der Waals surface area contributed by atoms with E-state index in [9.17, 15) is 14.4 Å². The van der Waals surface area contributed by atoms with Crippen LogP contribution in [0.1, 0.15) is 24.2 Å². The number of hydrogen-bond donors (Lipinski definition) is 2. The number of alkyl halides is 1. The van der Waals surface area contributed by atoms with Gasteiger partial charge in [0.05, 0.1) is 16.8 Å². The minimum atomic E-state index is -1.34. The van der Waals surface area contributed by atoms with Crippen LogP contribution in [0.25, 0.3) is 11.1 Å². The van der Waals surface area contributed by atoms with E-state index in [1.54, 1.807) is 19.2 Å². The minimum absolute atomic E-state index is 0.236. The SMILES string of the molecule is C=CC(F)COc1c(Cl)cc(Cl)cc1-c1cnc([C@@H](C)NC(=O)N(C)O)c(C)c1. The van der Waals surface area contributed by atoms with Gasteiger partial charge in [-0.1, -0.05) is 29.3 Å². The average Bonchev–Trinajstić information content (AvgIpc) is 2.65. The summed E-state index contributed by atoms with van der Waals surface area (Å²) >= 11 is 12.4. The maximum Gasteiger partial charge on any atom is 0.341 e. The molecule has 2 rings (SSSR count). The molecule has 0 radical (unpaired) electrons. The van der Waals surface area contributed by atoms with Crippen molar-refractivity contribution in [1.82, 2.24) is 15.4 Å². The van der Waals surface area contributed by atoms with E-state index in [1.807, 2.05) is 13.0 Å².